The summed E-state index contributed by atoms with van der Waals surface area (Å²) in [7, 11) is -3.57. The molecule has 0 saturated carbocycles. The molecule has 0 bridgehead atoms. The minimum Gasteiger partial charge on any atom is -0.325 e. The number of tetrazole rings is 1. The number of aromatic nitrogens is 6. The third-order valence-electron chi connectivity index (χ3n) is 7.26. The Morgan fingerprint density at radius 3 is 2.78 bits per heavy atom. The first-order chi connectivity index (χ1) is 19.9. The number of anilines is 2. The van der Waals surface area contributed by atoms with Gasteiger partial charge < -0.3 is 15.6 Å². The summed E-state index contributed by atoms with van der Waals surface area (Å²) >= 11 is 0. The molecule has 212 valence electrons. The molecule has 1 unspecified atom stereocenters. The maximum absolute atomic E-state index is 13.3. The number of nitrogens with zero attached hydrogens (tertiary/aromatic N) is 5. The second-order valence-electron chi connectivity index (χ2n) is 10.1. The van der Waals surface area contributed by atoms with Crippen molar-refractivity contribution in [2.45, 2.75) is 38.4 Å². The van der Waals surface area contributed by atoms with Crippen LogP contribution in [0.1, 0.15) is 41.0 Å². The maximum Gasteiger partial charge on any atom is 0.274 e. The monoisotopic (exact) mass is 574 g/mol. The number of hydrogen-bond acceptors (Lipinski definition) is 9. The lowest BCUT2D eigenvalue weighted by molar-refractivity contribution is 0.101. The molecular weight excluding hydrogens is 544 g/mol. The summed E-state index contributed by atoms with van der Waals surface area (Å²) in [5, 5.41) is 22.0. The lowest BCUT2D eigenvalue weighted by atomic mass is 10.0. The van der Waals surface area contributed by atoms with Crippen LogP contribution in [0.15, 0.2) is 54.6 Å². The predicted octanol–water partition coefficient (Wildman–Crippen LogP) is 2.35. The molecule has 0 spiro atoms. The normalized spacial score (nSPS) is 15.5. The highest BCUT2D eigenvalue weighted by molar-refractivity contribution is 7.92. The summed E-state index contributed by atoms with van der Waals surface area (Å²) in [6.45, 7) is 1.40. The Morgan fingerprint density at radius 2 is 2.00 bits per heavy atom. The van der Waals surface area contributed by atoms with Crippen molar-refractivity contribution in [2.75, 3.05) is 22.3 Å². The Kier molecular flexibility index (Phi) is 7.34. The minimum absolute atomic E-state index is 0.0290. The zero-order valence-corrected chi connectivity index (χ0v) is 23.0. The number of H-pyrrole nitrogens is 1. The van der Waals surface area contributed by atoms with Crippen molar-refractivity contribution in [3.63, 3.8) is 0 Å². The van der Waals surface area contributed by atoms with E-state index < -0.39 is 15.9 Å². The number of nitrogens with two attached hydrogens (primary N) is 1. The van der Waals surface area contributed by atoms with Gasteiger partial charge in [0, 0.05) is 23.7 Å². The number of pyridine rings is 1. The van der Waals surface area contributed by atoms with E-state index in [1.165, 1.54) is 0 Å². The van der Waals surface area contributed by atoms with E-state index in [1.54, 1.807) is 10.6 Å². The lowest BCUT2D eigenvalue weighted by Gasteiger charge is -2.16. The molecule has 1 atom stereocenters. The molecule has 2 aromatic carbocycles. The number of fused-ring (bicyclic) bond motifs is 2. The van der Waals surface area contributed by atoms with Crippen molar-refractivity contribution in [1.82, 2.24) is 35.5 Å². The first-order valence-corrected chi connectivity index (χ1v) is 15.0. The van der Waals surface area contributed by atoms with E-state index in [0.717, 1.165) is 41.1 Å². The van der Waals surface area contributed by atoms with Gasteiger partial charge in [-0.25, -0.2) is 13.4 Å². The molecule has 1 amide bonds. The molecule has 6 N–H and O–H groups in total. The smallest absolute Gasteiger partial charge is 0.274 e. The van der Waals surface area contributed by atoms with Gasteiger partial charge in [0.1, 0.15) is 11.3 Å². The first kappa shape index (κ1) is 26.8. The topological polar surface area (TPSA) is 186 Å². The molecule has 5 aromatic rings. The summed E-state index contributed by atoms with van der Waals surface area (Å²) in [4.78, 5) is 18.0. The number of carbonyl (C=O) groups is 1. The van der Waals surface area contributed by atoms with Gasteiger partial charge in [0.05, 0.1) is 18.0 Å². The summed E-state index contributed by atoms with van der Waals surface area (Å²) in [5.41, 5.74) is 8.71. The first-order valence-electron chi connectivity index (χ1n) is 13.4. The van der Waals surface area contributed by atoms with Crippen molar-refractivity contribution in [3.8, 4) is 0 Å². The average molecular weight is 575 g/mol. The van der Waals surface area contributed by atoms with Gasteiger partial charge in [-0.1, -0.05) is 29.4 Å². The number of benzene rings is 2. The molecule has 13 nitrogen and oxygen atoms in total. The Bertz CT molecular complexity index is 1810. The number of hydrogen-bond donors (Lipinski definition) is 5. The molecule has 1 fully saturated rings. The summed E-state index contributed by atoms with van der Waals surface area (Å²) in [6, 6.07) is 17.0. The number of aromatic amines is 1. The SMILES string of the molecule is NCc1ccc2cc(C(=O)Nc3nn[nH]n3)n(Cc3cc(NS(=O)(=O)CCC4CCCN4)cc4ccccc34)c2n1. The van der Waals surface area contributed by atoms with Gasteiger partial charge in [0.25, 0.3) is 11.9 Å². The molecule has 1 aliphatic heterocycles. The van der Waals surface area contributed by atoms with Gasteiger partial charge in [-0.3, -0.25) is 14.8 Å². The molecule has 6 rings (SSSR count). The van der Waals surface area contributed by atoms with Crippen molar-refractivity contribution in [1.29, 1.82) is 0 Å². The third kappa shape index (κ3) is 5.89. The summed E-state index contributed by atoms with van der Waals surface area (Å²) in [6.07, 6.45) is 2.61. The van der Waals surface area contributed by atoms with Gasteiger partial charge in [0.15, 0.2) is 0 Å². The standard InChI is InChI=1S/C27H30N10O3S/c28-15-21-8-7-18-14-24(26(38)31-27-32-35-36-33-27)37(25(18)30-21)16-19-13-22(12-17-4-1-2-6-23(17)19)34-41(39,40)11-9-20-5-3-10-29-20/h1-2,4,6-8,12-14,20,29,34H,3,5,9-11,15-16,28H2,(H2,31,32,33,35,36,38). The van der Waals surface area contributed by atoms with E-state index in [1.807, 2.05) is 48.5 Å². The molecule has 14 heteroatoms. The lowest BCUT2D eigenvalue weighted by Crippen LogP contribution is -2.26. The van der Waals surface area contributed by atoms with Crippen molar-refractivity contribution in [3.05, 3.63) is 71.5 Å². The van der Waals surface area contributed by atoms with Crippen LogP contribution in [-0.4, -0.2) is 62.8 Å². The molecule has 4 heterocycles. The number of sulfonamides is 1. The Balaban J connectivity index is 1.38. The van der Waals surface area contributed by atoms with Crippen LogP contribution in [0.4, 0.5) is 11.6 Å². The fraction of sp³-hybridized carbons (Fsp3) is 0.296. The number of nitrogens with one attached hydrogen (secondary N) is 4. The van der Waals surface area contributed by atoms with E-state index in [0.29, 0.717) is 29.1 Å². The predicted molar refractivity (Wildman–Crippen MR) is 156 cm³/mol. The third-order valence-corrected chi connectivity index (χ3v) is 8.58. The molecule has 1 saturated heterocycles. The van der Waals surface area contributed by atoms with Crippen molar-refractivity contribution in [2.24, 2.45) is 5.73 Å². The fourth-order valence-electron chi connectivity index (χ4n) is 5.29. The van der Waals surface area contributed by atoms with Crippen LogP contribution in [-0.2, 0) is 23.1 Å². The Morgan fingerprint density at radius 1 is 1.12 bits per heavy atom. The van der Waals surface area contributed by atoms with E-state index in [-0.39, 0.29) is 30.8 Å². The van der Waals surface area contributed by atoms with E-state index in [4.69, 9.17) is 10.7 Å². The van der Waals surface area contributed by atoms with E-state index in [9.17, 15) is 13.2 Å². The van der Waals surface area contributed by atoms with Crippen molar-refractivity contribution < 1.29 is 13.2 Å². The highest BCUT2D eigenvalue weighted by Crippen LogP contribution is 2.28. The molecular formula is C27H30N10O3S. The van der Waals surface area contributed by atoms with Gasteiger partial charge in [-0.2, -0.15) is 5.21 Å². The number of amides is 1. The van der Waals surface area contributed by atoms with Gasteiger partial charge in [0.2, 0.25) is 10.0 Å². The molecule has 0 radical (unpaired) electrons. The number of rotatable bonds is 10. The highest BCUT2D eigenvalue weighted by Gasteiger charge is 2.21. The van der Waals surface area contributed by atoms with Crippen LogP contribution in [0, 0.1) is 0 Å². The molecule has 3 aromatic heterocycles. The van der Waals surface area contributed by atoms with Crippen LogP contribution in [0.2, 0.25) is 0 Å². The highest BCUT2D eigenvalue weighted by atomic mass is 32.2. The fourth-order valence-corrected chi connectivity index (χ4v) is 6.46. The van der Waals surface area contributed by atoms with E-state index >= 15 is 0 Å². The van der Waals surface area contributed by atoms with Crippen LogP contribution in [0.3, 0.4) is 0 Å². The maximum atomic E-state index is 13.3. The van der Waals surface area contributed by atoms with Crippen LogP contribution >= 0.6 is 0 Å². The van der Waals surface area contributed by atoms with Crippen LogP contribution in [0.5, 0.6) is 0 Å². The summed E-state index contributed by atoms with van der Waals surface area (Å²) < 4.78 is 30.6. The quantitative estimate of drug-likeness (QED) is 0.167. The largest absolute Gasteiger partial charge is 0.325 e. The average Bonchev–Trinajstić information content (AvgIpc) is 3.74. The number of carbonyl (C=O) groups excluding carboxylic acids is 1. The molecule has 41 heavy (non-hydrogen) atoms. The van der Waals surface area contributed by atoms with Gasteiger partial charge >= 0.3 is 0 Å². The molecule has 1 aliphatic rings. The van der Waals surface area contributed by atoms with Crippen molar-refractivity contribution >= 4 is 49.4 Å². The summed E-state index contributed by atoms with van der Waals surface area (Å²) in [5.74, 6) is -0.376. The second-order valence-corrected chi connectivity index (χ2v) is 11.9. The zero-order valence-electron chi connectivity index (χ0n) is 22.2. The van der Waals surface area contributed by atoms with Crippen LogP contribution < -0.4 is 21.1 Å². The van der Waals surface area contributed by atoms with Gasteiger partial charge in [-0.05, 0) is 77.7 Å². The van der Waals surface area contributed by atoms with Gasteiger partial charge in [-0.15, -0.1) is 5.10 Å². The van der Waals surface area contributed by atoms with E-state index in [2.05, 4.69) is 36.0 Å². The minimum atomic E-state index is -3.57. The van der Waals surface area contributed by atoms with Crippen LogP contribution in [0.25, 0.3) is 21.8 Å². The zero-order chi connectivity index (χ0) is 28.4. The Labute approximate surface area is 236 Å². The Hall–Kier alpha value is -4.40. The second kappa shape index (κ2) is 11.2. The molecule has 0 aliphatic carbocycles.